The number of aliphatic imine (C=N–C) groups is 1. The van der Waals surface area contributed by atoms with E-state index in [-0.39, 0.29) is 18.4 Å². The van der Waals surface area contributed by atoms with Crippen molar-refractivity contribution in [2.75, 3.05) is 57.0 Å². The highest BCUT2D eigenvalue weighted by atomic mass is 32.2. The van der Waals surface area contributed by atoms with E-state index in [1.807, 2.05) is 0 Å². The molecule has 170 valence electrons. The smallest absolute Gasteiger partial charge is 0.213 e. The summed E-state index contributed by atoms with van der Waals surface area (Å²) < 4.78 is 32.6. The molecule has 2 rings (SSSR count). The quantitative estimate of drug-likeness (QED) is 0.357. The van der Waals surface area contributed by atoms with Crippen LogP contribution >= 0.6 is 0 Å². The van der Waals surface area contributed by atoms with Gasteiger partial charge in [-0.3, -0.25) is 4.99 Å². The van der Waals surface area contributed by atoms with Crippen LogP contribution in [0.5, 0.6) is 0 Å². The lowest BCUT2D eigenvalue weighted by atomic mass is 10.1. The van der Waals surface area contributed by atoms with Gasteiger partial charge in [-0.1, -0.05) is 12.1 Å². The lowest BCUT2D eigenvalue weighted by Gasteiger charge is -2.24. The molecule has 30 heavy (non-hydrogen) atoms. The van der Waals surface area contributed by atoms with E-state index in [9.17, 15) is 8.42 Å². The monoisotopic (exact) mass is 439 g/mol. The summed E-state index contributed by atoms with van der Waals surface area (Å²) >= 11 is 0. The van der Waals surface area contributed by atoms with Crippen molar-refractivity contribution >= 4 is 21.7 Å². The number of anilines is 1. The largest absolute Gasteiger partial charge is 0.377 e. The van der Waals surface area contributed by atoms with Crippen LogP contribution in [0, 0.1) is 6.92 Å². The van der Waals surface area contributed by atoms with Crippen LogP contribution in [0.4, 0.5) is 5.69 Å². The first-order valence-corrected chi connectivity index (χ1v) is 12.4. The van der Waals surface area contributed by atoms with E-state index < -0.39 is 10.0 Å². The third-order valence-electron chi connectivity index (χ3n) is 5.11. The van der Waals surface area contributed by atoms with Gasteiger partial charge in [0.25, 0.3) is 0 Å². The molecule has 1 aliphatic rings. The summed E-state index contributed by atoms with van der Waals surface area (Å²) in [6.45, 7) is 8.00. The summed E-state index contributed by atoms with van der Waals surface area (Å²) in [6, 6.07) is 8.44. The molecule has 1 saturated heterocycles. The van der Waals surface area contributed by atoms with Crippen LogP contribution in [0.3, 0.4) is 0 Å². The number of ether oxygens (including phenoxy) is 1. The Morgan fingerprint density at radius 3 is 2.73 bits per heavy atom. The van der Waals surface area contributed by atoms with E-state index in [2.05, 4.69) is 63.4 Å². The van der Waals surface area contributed by atoms with Gasteiger partial charge in [0, 0.05) is 52.1 Å². The summed E-state index contributed by atoms with van der Waals surface area (Å²) in [5.41, 5.74) is 2.43. The molecular weight excluding hydrogens is 402 g/mol. The van der Waals surface area contributed by atoms with Crippen molar-refractivity contribution in [3.63, 3.8) is 0 Å². The first kappa shape index (κ1) is 24.4. The predicted octanol–water partition coefficient (Wildman–Crippen LogP) is 1.47. The third kappa shape index (κ3) is 8.89. The minimum Gasteiger partial charge on any atom is -0.377 e. The van der Waals surface area contributed by atoms with Gasteiger partial charge >= 0.3 is 0 Å². The van der Waals surface area contributed by atoms with Gasteiger partial charge in [-0.15, -0.1) is 0 Å². The number of hydrogen-bond donors (Lipinski definition) is 3. The van der Waals surface area contributed by atoms with Crippen LogP contribution in [0.15, 0.2) is 29.3 Å². The molecule has 0 aromatic heterocycles. The second-order valence-corrected chi connectivity index (χ2v) is 9.43. The van der Waals surface area contributed by atoms with Crippen LogP contribution in [-0.4, -0.2) is 72.6 Å². The Balaban J connectivity index is 1.68. The second kappa shape index (κ2) is 12.8. The van der Waals surface area contributed by atoms with Crippen molar-refractivity contribution in [2.45, 2.75) is 39.2 Å². The van der Waals surface area contributed by atoms with Gasteiger partial charge in [-0.05, 0) is 50.8 Å². The van der Waals surface area contributed by atoms with E-state index >= 15 is 0 Å². The lowest BCUT2D eigenvalue weighted by Crippen LogP contribution is -2.44. The molecule has 0 saturated carbocycles. The zero-order valence-electron chi connectivity index (χ0n) is 18.5. The molecule has 0 aliphatic carbocycles. The highest BCUT2D eigenvalue weighted by Gasteiger charge is 2.17. The number of rotatable bonds is 11. The van der Waals surface area contributed by atoms with E-state index in [0.29, 0.717) is 19.0 Å². The summed E-state index contributed by atoms with van der Waals surface area (Å²) in [5, 5.41) is 6.32. The van der Waals surface area contributed by atoms with Crippen LogP contribution in [0.1, 0.15) is 31.7 Å². The molecule has 1 aliphatic heterocycles. The van der Waals surface area contributed by atoms with Crippen molar-refractivity contribution in [2.24, 2.45) is 4.99 Å². The Bertz CT molecular complexity index is 764. The molecular formula is C21H37N5O3S. The van der Waals surface area contributed by atoms with Crippen LogP contribution in [0.25, 0.3) is 0 Å². The molecule has 1 fully saturated rings. The summed E-state index contributed by atoms with van der Waals surface area (Å²) in [5.74, 6) is 0.589. The fraction of sp³-hybridized carbons (Fsp3) is 0.667. The second-order valence-electron chi connectivity index (χ2n) is 7.50. The first-order valence-electron chi connectivity index (χ1n) is 10.8. The van der Waals surface area contributed by atoms with Crippen molar-refractivity contribution in [3.8, 4) is 0 Å². The molecule has 1 atom stereocenters. The number of nitrogens with one attached hydrogen (secondary N) is 3. The zero-order valence-corrected chi connectivity index (χ0v) is 19.3. The Kier molecular flexibility index (Phi) is 10.4. The molecule has 3 N–H and O–H groups in total. The molecule has 0 radical (unpaired) electrons. The maximum atomic E-state index is 12.2. The maximum absolute atomic E-state index is 12.2. The van der Waals surface area contributed by atoms with Crippen molar-refractivity contribution in [1.29, 1.82) is 0 Å². The molecule has 1 heterocycles. The molecule has 1 aromatic carbocycles. The van der Waals surface area contributed by atoms with Gasteiger partial charge < -0.3 is 20.3 Å². The fourth-order valence-corrected chi connectivity index (χ4v) is 4.34. The molecule has 0 bridgehead atoms. The van der Waals surface area contributed by atoms with Crippen molar-refractivity contribution in [3.05, 3.63) is 29.8 Å². The SMILES string of the molecule is CCN(CCNC(=NC)NCCS(=O)(=O)NCC1CCCCO1)c1cccc(C)c1. The fourth-order valence-electron chi connectivity index (χ4n) is 3.39. The number of nitrogens with zero attached hydrogens (tertiary/aromatic N) is 2. The number of aryl methyl sites for hydroxylation is 1. The van der Waals surface area contributed by atoms with Gasteiger partial charge in [-0.2, -0.15) is 0 Å². The Hall–Kier alpha value is -1.84. The van der Waals surface area contributed by atoms with Crippen LogP contribution in [0.2, 0.25) is 0 Å². The zero-order chi connectivity index (χ0) is 21.8. The van der Waals surface area contributed by atoms with Gasteiger partial charge in [-0.25, -0.2) is 13.1 Å². The van der Waals surface area contributed by atoms with Gasteiger partial charge in [0.15, 0.2) is 5.96 Å². The topological polar surface area (TPSA) is 95.1 Å². The number of sulfonamides is 1. The molecule has 1 unspecified atom stereocenters. The number of benzene rings is 1. The van der Waals surface area contributed by atoms with Gasteiger partial charge in [0.05, 0.1) is 11.9 Å². The highest BCUT2D eigenvalue weighted by molar-refractivity contribution is 7.89. The average molecular weight is 440 g/mol. The Morgan fingerprint density at radius 2 is 2.07 bits per heavy atom. The predicted molar refractivity (Wildman–Crippen MR) is 124 cm³/mol. The first-order chi connectivity index (χ1) is 14.4. The number of guanidine groups is 1. The Morgan fingerprint density at radius 1 is 1.27 bits per heavy atom. The van der Waals surface area contributed by atoms with Crippen molar-refractivity contribution in [1.82, 2.24) is 15.4 Å². The minimum absolute atomic E-state index is 0.00849. The molecule has 1 aromatic rings. The molecule has 0 amide bonds. The Labute approximate surface area is 181 Å². The summed E-state index contributed by atoms with van der Waals surface area (Å²) in [7, 11) is -1.67. The van der Waals surface area contributed by atoms with Gasteiger partial charge in [0.2, 0.25) is 10.0 Å². The summed E-state index contributed by atoms with van der Waals surface area (Å²) in [6.07, 6.45) is 3.05. The van der Waals surface area contributed by atoms with Gasteiger partial charge in [0.1, 0.15) is 0 Å². The minimum atomic E-state index is -3.35. The van der Waals surface area contributed by atoms with E-state index in [1.165, 1.54) is 11.3 Å². The maximum Gasteiger partial charge on any atom is 0.213 e. The normalized spacial score (nSPS) is 17.6. The standard InChI is InChI=1S/C21H37N5O3S/c1-4-26(19-9-7-8-18(2)16-19)13-11-23-21(22-3)24-12-15-30(27,28)25-17-20-10-5-6-14-29-20/h7-9,16,20,25H,4-6,10-15,17H2,1-3H3,(H2,22,23,24). The highest BCUT2D eigenvalue weighted by Crippen LogP contribution is 2.15. The number of hydrogen-bond acceptors (Lipinski definition) is 5. The van der Waals surface area contributed by atoms with Crippen LogP contribution < -0.4 is 20.3 Å². The van der Waals surface area contributed by atoms with E-state index in [1.54, 1.807) is 7.05 Å². The third-order valence-corrected chi connectivity index (χ3v) is 6.46. The van der Waals surface area contributed by atoms with E-state index in [0.717, 1.165) is 39.0 Å². The average Bonchev–Trinajstić information content (AvgIpc) is 2.75. The molecule has 9 heteroatoms. The van der Waals surface area contributed by atoms with Crippen LogP contribution in [-0.2, 0) is 14.8 Å². The van der Waals surface area contributed by atoms with Crippen molar-refractivity contribution < 1.29 is 13.2 Å². The molecule has 8 nitrogen and oxygen atoms in total. The molecule has 0 spiro atoms. The lowest BCUT2D eigenvalue weighted by molar-refractivity contribution is 0.0200. The van der Waals surface area contributed by atoms with E-state index in [4.69, 9.17) is 4.74 Å². The number of likely N-dealkylation sites (N-methyl/N-ethyl adjacent to an activating group) is 1. The summed E-state index contributed by atoms with van der Waals surface area (Å²) in [4.78, 5) is 6.46.